The monoisotopic (exact) mass is 560 g/mol. The van der Waals surface area contributed by atoms with Gasteiger partial charge in [-0.25, -0.2) is 4.39 Å². The number of carbonyl (C=O) groups excluding carboxylic acids is 4. The second-order valence-corrected chi connectivity index (χ2v) is 10.4. The third kappa shape index (κ3) is 6.90. The molecule has 0 bridgehead atoms. The Kier molecular flexibility index (Phi) is 9.70. The SMILES string of the molecule is CCC[C@H]1C(=O)N([C@@H](Cc2cccc3ccccc23)C(=O)NC)CCN1C(=O)[C@@H](Cc1ccc(F)cc1)NC(C)=O. The van der Waals surface area contributed by atoms with Gasteiger partial charge in [0.1, 0.15) is 23.9 Å². The lowest BCUT2D eigenvalue weighted by molar-refractivity contribution is -0.157. The fourth-order valence-electron chi connectivity index (χ4n) is 5.62. The third-order valence-corrected chi connectivity index (χ3v) is 7.62. The van der Waals surface area contributed by atoms with Crippen LogP contribution in [0.4, 0.5) is 4.39 Å². The van der Waals surface area contributed by atoms with Crippen molar-refractivity contribution in [3.8, 4) is 0 Å². The highest BCUT2D eigenvalue weighted by atomic mass is 19.1. The van der Waals surface area contributed by atoms with Gasteiger partial charge in [0.2, 0.25) is 23.6 Å². The molecule has 4 rings (SSSR count). The van der Waals surface area contributed by atoms with Crippen LogP contribution in [-0.4, -0.2) is 71.7 Å². The van der Waals surface area contributed by atoms with E-state index in [1.807, 2.05) is 49.4 Å². The molecule has 0 radical (unpaired) electrons. The molecule has 41 heavy (non-hydrogen) atoms. The summed E-state index contributed by atoms with van der Waals surface area (Å²) in [5, 5.41) is 7.51. The number of rotatable bonds is 10. The first-order chi connectivity index (χ1) is 19.7. The van der Waals surface area contributed by atoms with Gasteiger partial charge in [-0.2, -0.15) is 0 Å². The predicted molar refractivity (Wildman–Crippen MR) is 155 cm³/mol. The van der Waals surface area contributed by atoms with Gasteiger partial charge in [0, 0.05) is 39.9 Å². The Hall–Kier alpha value is -4.27. The van der Waals surface area contributed by atoms with Crippen LogP contribution in [0, 0.1) is 5.82 Å². The molecule has 0 spiro atoms. The summed E-state index contributed by atoms with van der Waals surface area (Å²) in [5.74, 6) is -1.70. The zero-order valence-electron chi connectivity index (χ0n) is 23.7. The molecule has 0 unspecified atom stereocenters. The van der Waals surface area contributed by atoms with Crippen molar-refractivity contribution >= 4 is 34.4 Å². The van der Waals surface area contributed by atoms with Crippen LogP contribution >= 0.6 is 0 Å². The van der Waals surface area contributed by atoms with E-state index >= 15 is 0 Å². The Morgan fingerprint density at radius 2 is 1.68 bits per heavy atom. The van der Waals surface area contributed by atoms with Gasteiger partial charge < -0.3 is 20.4 Å². The maximum Gasteiger partial charge on any atom is 0.246 e. The average molecular weight is 561 g/mol. The Labute approximate surface area is 239 Å². The van der Waals surface area contributed by atoms with Crippen molar-refractivity contribution in [3.05, 3.63) is 83.7 Å². The summed E-state index contributed by atoms with van der Waals surface area (Å²) in [5.41, 5.74) is 1.64. The van der Waals surface area contributed by atoms with Gasteiger partial charge in [-0.3, -0.25) is 19.2 Å². The number of amides is 4. The van der Waals surface area contributed by atoms with E-state index in [0.29, 0.717) is 24.8 Å². The highest BCUT2D eigenvalue weighted by Crippen LogP contribution is 2.25. The summed E-state index contributed by atoms with van der Waals surface area (Å²) in [6, 6.07) is 17.2. The van der Waals surface area contributed by atoms with Crippen LogP contribution in [0.2, 0.25) is 0 Å². The minimum Gasteiger partial charge on any atom is -0.357 e. The van der Waals surface area contributed by atoms with Crippen molar-refractivity contribution in [1.82, 2.24) is 20.4 Å². The average Bonchev–Trinajstić information content (AvgIpc) is 2.97. The Bertz CT molecular complexity index is 1410. The summed E-state index contributed by atoms with van der Waals surface area (Å²) >= 11 is 0. The molecular weight excluding hydrogens is 523 g/mol. The lowest BCUT2D eigenvalue weighted by atomic mass is 9.95. The molecule has 0 aliphatic carbocycles. The number of carbonyl (C=O) groups is 4. The first kappa shape index (κ1) is 29.7. The largest absolute Gasteiger partial charge is 0.357 e. The molecule has 0 aromatic heterocycles. The van der Waals surface area contributed by atoms with Crippen LogP contribution in [0.1, 0.15) is 37.8 Å². The van der Waals surface area contributed by atoms with E-state index in [1.165, 1.54) is 24.0 Å². The van der Waals surface area contributed by atoms with Crippen molar-refractivity contribution in [1.29, 1.82) is 0 Å². The molecule has 1 aliphatic rings. The van der Waals surface area contributed by atoms with Gasteiger partial charge in [0.05, 0.1) is 0 Å². The molecule has 0 saturated carbocycles. The van der Waals surface area contributed by atoms with E-state index in [1.54, 1.807) is 24.1 Å². The van der Waals surface area contributed by atoms with E-state index in [4.69, 9.17) is 0 Å². The highest BCUT2D eigenvalue weighted by Gasteiger charge is 2.43. The number of likely N-dealkylation sites (N-methyl/N-ethyl adjacent to an activating group) is 1. The van der Waals surface area contributed by atoms with Crippen molar-refractivity contribution < 1.29 is 23.6 Å². The second-order valence-electron chi connectivity index (χ2n) is 10.4. The number of nitrogens with zero attached hydrogens (tertiary/aromatic N) is 2. The zero-order chi connectivity index (χ0) is 29.5. The first-order valence-corrected chi connectivity index (χ1v) is 14.0. The molecule has 8 nitrogen and oxygen atoms in total. The summed E-state index contributed by atoms with van der Waals surface area (Å²) in [7, 11) is 1.56. The van der Waals surface area contributed by atoms with E-state index in [2.05, 4.69) is 10.6 Å². The first-order valence-electron chi connectivity index (χ1n) is 14.0. The fourth-order valence-corrected chi connectivity index (χ4v) is 5.62. The minimum atomic E-state index is -0.915. The Morgan fingerprint density at radius 1 is 0.976 bits per heavy atom. The quantitative estimate of drug-likeness (QED) is 0.398. The molecule has 1 saturated heterocycles. The van der Waals surface area contributed by atoms with Crippen LogP contribution in [0.3, 0.4) is 0 Å². The molecule has 9 heteroatoms. The molecule has 1 fully saturated rings. The number of fused-ring (bicyclic) bond motifs is 1. The Balaban J connectivity index is 1.60. The van der Waals surface area contributed by atoms with E-state index in [9.17, 15) is 23.6 Å². The summed E-state index contributed by atoms with van der Waals surface area (Å²) < 4.78 is 13.4. The molecule has 216 valence electrons. The van der Waals surface area contributed by atoms with Gasteiger partial charge in [0.15, 0.2) is 0 Å². The summed E-state index contributed by atoms with van der Waals surface area (Å²) in [4.78, 5) is 56.2. The Morgan fingerprint density at radius 3 is 2.37 bits per heavy atom. The van der Waals surface area contributed by atoms with E-state index in [0.717, 1.165) is 16.3 Å². The minimum absolute atomic E-state index is 0.161. The van der Waals surface area contributed by atoms with Crippen LogP contribution in [0.25, 0.3) is 10.8 Å². The molecule has 3 aromatic carbocycles. The zero-order valence-corrected chi connectivity index (χ0v) is 23.7. The lowest BCUT2D eigenvalue weighted by Crippen LogP contribution is -2.65. The molecule has 1 heterocycles. The number of benzene rings is 3. The number of nitrogens with one attached hydrogen (secondary N) is 2. The molecule has 1 aliphatic heterocycles. The van der Waals surface area contributed by atoms with E-state index < -0.39 is 23.9 Å². The standard InChI is InChI=1S/C32H37FN4O4/c1-4-8-28-32(41)37(29(30(39)34-3)20-24-11-7-10-23-9-5-6-12-26(23)24)18-17-36(28)31(40)27(35-21(2)38)19-22-13-15-25(33)16-14-22/h5-7,9-16,27-29H,4,8,17-20H2,1-3H3,(H,34,39)(H,35,38)/t27-,28+,29+/m1/s1. The molecular formula is C32H37FN4O4. The normalized spacial score (nSPS) is 16.8. The van der Waals surface area contributed by atoms with Crippen LogP contribution in [-0.2, 0) is 32.0 Å². The number of hydrogen-bond donors (Lipinski definition) is 2. The van der Waals surface area contributed by atoms with Crippen LogP contribution in [0.5, 0.6) is 0 Å². The van der Waals surface area contributed by atoms with Crippen molar-refractivity contribution in [3.63, 3.8) is 0 Å². The van der Waals surface area contributed by atoms with Gasteiger partial charge in [0.25, 0.3) is 0 Å². The van der Waals surface area contributed by atoms with Crippen LogP contribution < -0.4 is 10.6 Å². The van der Waals surface area contributed by atoms with Gasteiger partial charge >= 0.3 is 0 Å². The smallest absolute Gasteiger partial charge is 0.246 e. The second kappa shape index (κ2) is 13.4. The van der Waals surface area contributed by atoms with Gasteiger partial charge in [-0.05, 0) is 40.5 Å². The molecule has 3 atom stereocenters. The maximum absolute atomic E-state index is 14.0. The summed E-state index contributed by atoms with van der Waals surface area (Å²) in [6.07, 6.45) is 1.55. The van der Waals surface area contributed by atoms with Gasteiger partial charge in [-0.15, -0.1) is 0 Å². The maximum atomic E-state index is 14.0. The lowest BCUT2D eigenvalue weighted by Gasteiger charge is -2.44. The van der Waals surface area contributed by atoms with E-state index in [-0.39, 0.29) is 43.1 Å². The van der Waals surface area contributed by atoms with Gasteiger partial charge in [-0.1, -0.05) is 67.9 Å². The summed E-state index contributed by atoms with van der Waals surface area (Å²) in [6.45, 7) is 3.67. The molecule has 3 aromatic rings. The molecule has 4 amide bonds. The topological polar surface area (TPSA) is 98.8 Å². The number of halogens is 1. The van der Waals surface area contributed by atoms with Crippen molar-refractivity contribution in [2.75, 3.05) is 20.1 Å². The van der Waals surface area contributed by atoms with Crippen molar-refractivity contribution in [2.45, 2.75) is 57.7 Å². The fraction of sp³-hybridized carbons (Fsp3) is 0.375. The molecule has 2 N–H and O–H groups in total. The highest BCUT2D eigenvalue weighted by molar-refractivity contribution is 5.95. The number of hydrogen-bond acceptors (Lipinski definition) is 4. The van der Waals surface area contributed by atoms with Crippen LogP contribution in [0.15, 0.2) is 66.7 Å². The third-order valence-electron chi connectivity index (χ3n) is 7.62. The predicted octanol–water partition coefficient (Wildman–Crippen LogP) is 3.22. The number of piperazine rings is 1. The van der Waals surface area contributed by atoms with Crippen molar-refractivity contribution in [2.24, 2.45) is 0 Å².